The van der Waals surface area contributed by atoms with Crippen LogP contribution in [0.15, 0.2) is 18.2 Å². The van der Waals surface area contributed by atoms with Crippen molar-refractivity contribution in [2.75, 3.05) is 6.61 Å². The summed E-state index contributed by atoms with van der Waals surface area (Å²) in [4.78, 5) is 0. The Morgan fingerprint density at radius 3 is 2.50 bits per heavy atom. The van der Waals surface area contributed by atoms with Gasteiger partial charge in [0.15, 0.2) is 0 Å². The standard InChI is InChI=1S/C16H25NO/c1-12-8-9-15(13(2)10-12)16(3,11-18)17-14-6-4-5-7-14/h8-10,14,17-18H,4-7,11H2,1-3H3. The van der Waals surface area contributed by atoms with Gasteiger partial charge in [-0.25, -0.2) is 0 Å². The molecule has 0 saturated heterocycles. The molecule has 1 unspecified atom stereocenters. The summed E-state index contributed by atoms with van der Waals surface area (Å²) in [7, 11) is 0. The third kappa shape index (κ3) is 2.76. The van der Waals surface area contributed by atoms with E-state index in [2.05, 4.69) is 44.3 Å². The highest BCUT2D eigenvalue weighted by Crippen LogP contribution is 2.28. The summed E-state index contributed by atoms with van der Waals surface area (Å²) >= 11 is 0. The summed E-state index contributed by atoms with van der Waals surface area (Å²) in [5.41, 5.74) is 3.45. The highest BCUT2D eigenvalue weighted by atomic mass is 16.3. The molecule has 1 aliphatic carbocycles. The average molecular weight is 247 g/mol. The largest absolute Gasteiger partial charge is 0.394 e. The minimum atomic E-state index is -0.313. The number of rotatable bonds is 4. The first-order valence-electron chi connectivity index (χ1n) is 7.01. The van der Waals surface area contributed by atoms with Crippen LogP contribution < -0.4 is 5.32 Å². The second-order valence-corrected chi connectivity index (χ2v) is 5.93. The monoisotopic (exact) mass is 247 g/mol. The maximum Gasteiger partial charge on any atom is 0.0652 e. The van der Waals surface area contributed by atoms with Gasteiger partial charge in [-0.15, -0.1) is 0 Å². The lowest BCUT2D eigenvalue weighted by Gasteiger charge is -2.34. The van der Waals surface area contributed by atoms with Gasteiger partial charge in [-0.1, -0.05) is 36.6 Å². The summed E-state index contributed by atoms with van der Waals surface area (Å²) in [6, 6.07) is 7.04. The van der Waals surface area contributed by atoms with Crippen LogP contribution in [0.3, 0.4) is 0 Å². The normalized spacial score (nSPS) is 20.0. The number of hydrogen-bond donors (Lipinski definition) is 2. The zero-order valence-electron chi connectivity index (χ0n) is 11.8. The van der Waals surface area contributed by atoms with Gasteiger partial charge in [-0.3, -0.25) is 0 Å². The van der Waals surface area contributed by atoms with Gasteiger partial charge >= 0.3 is 0 Å². The van der Waals surface area contributed by atoms with Crippen LogP contribution in [0.5, 0.6) is 0 Å². The Hall–Kier alpha value is -0.860. The Morgan fingerprint density at radius 2 is 1.94 bits per heavy atom. The molecule has 2 nitrogen and oxygen atoms in total. The van der Waals surface area contributed by atoms with Crippen LogP contribution >= 0.6 is 0 Å². The molecule has 2 heteroatoms. The Balaban J connectivity index is 2.24. The Kier molecular flexibility index (Phi) is 4.08. The van der Waals surface area contributed by atoms with Crippen molar-refractivity contribution in [3.63, 3.8) is 0 Å². The molecular weight excluding hydrogens is 222 g/mol. The molecular formula is C16H25NO. The Labute approximate surface area is 110 Å². The van der Waals surface area contributed by atoms with Gasteiger partial charge in [-0.05, 0) is 44.7 Å². The zero-order valence-corrected chi connectivity index (χ0v) is 11.8. The SMILES string of the molecule is Cc1ccc(C(C)(CO)NC2CCCC2)c(C)c1. The number of benzene rings is 1. The van der Waals surface area contributed by atoms with E-state index in [-0.39, 0.29) is 12.1 Å². The van der Waals surface area contributed by atoms with Gasteiger partial charge in [0.1, 0.15) is 0 Å². The molecule has 2 rings (SSSR count). The fraction of sp³-hybridized carbons (Fsp3) is 0.625. The number of aliphatic hydroxyl groups is 1. The van der Waals surface area contributed by atoms with Crippen molar-refractivity contribution in [3.05, 3.63) is 34.9 Å². The van der Waals surface area contributed by atoms with E-state index >= 15 is 0 Å². The molecule has 2 N–H and O–H groups in total. The van der Waals surface area contributed by atoms with Crippen molar-refractivity contribution in [1.29, 1.82) is 0 Å². The van der Waals surface area contributed by atoms with Crippen LogP contribution in [0.1, 0.15) is 49.3 Å². The first-order chi connectivity index (χ1) is 8.55. The van der Waals surface area contributed by atoms with Crippen LogP contribution in [0.25, 0.3) is 0 Å². The van der Waals surface area contributed by atoms with Gasteiger partial charge in [0.05, 0.1) is 12.1 Å². The highest BCUT2D eigenvalue weighted by molar-refractivity contribution is 5.35. The molecule has 1 aromatic carbocycles. The van der Waals surface area contributed by atoms with Gasteiger partial charge < -0.3 is 10.4 Å². The second-order valence-electron chi connectivity index (χ2n) is 5.93. The van der Waals surface area contributed by atoms with Gasteiger partial charge in [0.25, 0.3) is 0 Å². The van der Waals surface area contributed by atoms with E-state index in [9.17, 15) is 5.11 Å². The maximum atomic E-state index is 9.83. The predicted molar refractivity (Wildman–Crippen MR) is 75.7 cm³/mol. The molecule has 0 aromatic heterocycles. The maximum absolute atomic E-state index is 9.83. The molecule has 0 heterocycles. The van der Waals surface area contributed by atoms with Crippen molar-refractivity contribution < 1.29 is 5.11 Å². The molecule has 0 radical (unpaired) electrons. The zero-order chi connectivity index (χ0) is 13.2. The first kappa shape index (κ1) is 13.6. The highest BCUT2D eigenvalue weighted by Gasteiger charge is 2.31. The van der Waals surface area contributed by atoms with E-state index in [1.54, 1.807) is 0 Å². The van der Waals surface area contributed by atoms with Crippen LogP contribution in [0.2, 0.25) is 0 Å². The molecule has 0 amide bonds. The summed E-state index contributed by atoms with van der Waals surface area (Å²) in [5.74, 6) is 0. The minimum absolute atomic E-state index is 0.146. The van der Waals surface area contributed by atoms with E-state index in [4.69, 9.17) is 0 Å². The van der Waals surface area contributed by atoms with E-state index in [0.717, 1.165) is 0 Å². The van der Waals surface area contributed by atoms with E-state index in [0.29, 0.717) is 6.04 Å². The molecule has 18 heavy (non-hydrogen) atoms. The second kappa shape index (κ2) is 5.41. The molecule has 0 spiro atoms. The molecule has 0 aliphatic heterocycles. The summed E-state index contributed by atoms with van der Waals surface area (Å²) in [5, 5.41) is 13.5. The summed E-state index contributed by atoms with van der Waals surface area (Å²) < 4.78 is 0. The van der Waals surface area contributed by atoms with Crippen LogP contribution in [0.4, 0.5) is 0 Å². The smallest absolute Gasteiger partial charge is 0.0652 e. The van der Waals surface area contributed by atoms with Crippen molar-refractivity contribution >= 4 is 0 Å². The minimum Gasteiger partial charge on any atom is -0.394 e. The fourth-order valence-electron chi connectivity index (χ4n) is 3.16. The first-order valence-corrected chi connectivity index (χ1v) is 7.01. The predicted octanol–water partition coefficient (Wildman–Crippen LogP) is 3.04. The summed E-state index contributed by atoms with van der Waals surface area (Å²) in [6.07, 6.45) is 5.10. The van der Waals surface area contributed by atoms with E-state index in [1.807, 2.05) is 0 Å². The molecule has 1 atom stereocenters. The number of hydrogen-bond acceptors (Lipinski definition) is 2. The van der Waals surface area contributed by atoms with Crippen LogP contribution in [-0.2, 0) is 5.54 Å². The third-order valence-corrected chi connectivity index (χ3v) is 4.17. The van der Waals surface area contributed by atoms with Crippen molar-refractivity contribution in [1.82, 2.24) is 5.32 Å². The topological polar surface area (TPSA) is 32.3 Å². The lowest BCUT2D eigenvalue weighted by molar-refractivity contribution is 0.161. The quantitative estimate of drug-likeness (QED) is 0.857. The molecule has 1 fully saturated rings. The number of aryl methyl sites for hydroxylation is 2. The third-order valence-electron chi connectivity index (χ3n) is 4.17. The van der Waals surface area contributed by atoms with E-state index < -0.39 is 0 Å². The Bertz CT molecular complexity index is 410. The lowest BCUT2D eigenvalue weighted by atomic mass is 9.87. The number of nitrogens with one attached hydrogen (secondary N) is 1. The van der Waals surface area contributed by atoms with Crippen LogP contribution in [0, 0.1) is 13.8 Å². The van der Waals surface area contributed by atoms with E-state index in [1.165, 1.54) is 42.4 Å². The van der Waals surface area contributed by atoms with Gasteiger partial charge in [0.2, 0.25) is 0 Å². The lowest BCUT2D eigenvalue weighted by Crippen LogP contribution is -2.48. The Morgan fingerprint density at radius 1 is 1.28 bits per heavy atom. The molecule has 1 aromatic rings. The van der Waals surface area contributed by atoms with Gasteiger partial charge in [0, 0.05) is 6.04 Å². The molecule has 1 aliphatic rings. The number of aliphatic hydroxyl groups excluding tert-OH is 1. The average Bonchev–Trinajstić information content (AvgIpc) is 2.81. The van der Waals surface area contributed by atoms with Crippen molar-refractivity contribution in [2.24, 2.45) is 0 Å². The van der Waals surface area contributed by atoms with Crippen molar-refractivity contribution in [2.45, 2.75) is 58.0 Å². The molecule has 0 bridgehead atoms. The fourth-order valence-corrected chi connectivity index (χ4v) is 3.16. The molecule has 1 saturated carbocycles. The van der Waals surface area contributed by atoms with Crippen molar-refractivity contribution in [3.8, 4) is 0 Å². The van der Waals surface area contributed by atoms with Gasteiger partial charge in [-0.2, -0.15) is 0 Å². The summed E-state index contributed by atoms with van der Waals surface area (Å²) in [6.45, 7) is 6.50. The van der Waals surface area contributed by atoms with Crippen LogP contribution in [-0.4, -0.2) is 17.8 Å². The molecule has 100 valence electrons.